The van der Waals surface area contributed by atoms with Gasteiger partial charge in [-0.1, -0.05) is 54.2 Å². The van der Waals surface area contributed by atoms with Crippen LogP contribution in [0.1, 0.15) is 0 Å². The minimum Gasteiger partial charge on any atom is -0.0795 e. The van der Waals surface area contributed by atoms with Gasteiger partial charge in [0.1, 0.15) is 10.9 Å². The van der Waals surface area contributed by atoms with Gasteiger partial charge in [0.25, 0.3) is 0 Å². The largest absolute Gasteiger partial charge is 0.180 e. The van der Waals surface area contributed by atoms with E-state index in [1.54, 1.807) is 0 Å². The fourth-order valence-corrected chi connectivity index (χ4v) is 6.21. The maximum Gasteiger partial charge on any atom is 0.180 e. The van der Waals surface area contributed by atoms with Crippen LogP contribution in [0, 0.1) is 0 Å². The first kappa shape index (κ1) is 20.5. The third-order valence-electron chi connectivity index (χ3n) is 3.34. The first-order valence-corrected chi connectivity index (χ1v) is 15.4. The van der Waals surface area contributed by atoms with Crippen molar-refractivity contribution in [2.45, 2.75) is 24.5 Å². The van der Waals surface area contributed by atoms with Gasteiger partial charge in [0, 0.05) is 0 Å². The number of fused-ring (bicyclic) bond motifs is 2. The Balaban J connectivity index is 0.000000260. The third-order valence-corrected chi connectivity index (χ3v) is 7.08. The summed E-state index contributed by atoms with van der Waals surface area (Å²) in [5.41, 5.74) is 0. The van der Waals surface area contributed by atoms with Crippen molar-refractivity contribution >= 4 is 42.1 Å². The van der Waals surface area contributed by atoms with Crippen molar-refractivity contribution in [1.29, 1.82) is 0 Å². The van der Waals surface area contributed by atoms with Gasteiger partial charge in [0.2, 0.25) is 0 Å². The molecule has 1 aliphatic rings. The van der Waals surface area contributed by atoms with Crippen LogP contribution in [0.2, 0.25) is 0 Å². The molecule has 0 bridgehead atoms. The second-order valence-corrected chi connectivity index (χ2v) is 14.1. The van der Waals surface area contributed by atoms with Gasteiger partial charge in [-0.25, -0.2) is 0 Å². The van der Waals surface area contributed by atoms with E-state index in [9.17, 15) is 16.9 Å². The minimum absolute atomic E-state index is 0.0212. The first-order valence-electron chi connectivity index (χ1n) is 7.60. The molecule has 0 saturated carbocycles. The van der Waals surface area contributed by atoms with E-state index in [-0.39, 0.29) is 10.9 Å². The molecule has 0 atom stereocenters. The van der Waals surface area contributed by atoms with Crippen LogP contribution in [-0.4, -0.2) is 19.5 Å². The summed E-state index contributed by atoms with van der Waals surface area (Å²) in [7, 11) is 0.0212. The van der Waals surface area contributed by atoms with Crippen molar-refractivity contribution in [1.82, 2.24) is 0 Å². The van der Waals surface area contributed by atoms with E-state index in [2.05, 4.69) is 78.9 Å². The van der Waals surface area contributed by atoms with Crippen molar-refractivity contribution in [3.8, 4) is 0 Å². The standard InChI is InChI=1S/C18H13S2.6FH.Sb/c1-2-8-14(9-3-1)20-17-12-6-4-10-15(17)19-16-11-5-7-13-18(16)20;;;;;;;/h1-13H;6*1H;/q+1;;;;;;;+5/p-6. The maximum atomic E-state index is 9.93. The van der Waals surface area contributed by atoms with Gasteiger partial charge < -0.3 is 0 Å². The molecule has 0 spiro atoms. The second-order valence-electron chi connectivity index (χ2n) is 5.57. The number of rotatable bonds is 1. The molecule has 4 rings (SSSR count). The van der Waals surface area contributed by atoms with E-state index in [0.29, 0.717) is 0 Å². The van der Waals surface area contributed by atoms with E-state index < -0.39 is 19.5 Å². The number of hydrogen-bond donors (Lipinski definition) is 0. The van der Waals surface area contributed by atoms with Gasteiger partial charge in [-0.05, 0) is 36.4 Å². The molecule has 0 aliphatic carbocycles. The summed E-state index contributed by atoms with van der Waals surface area (Å²) < 4.78 is 59.6. The number of halogens is 6. The zero-order valence-electron chi connectivity index (χ0n) is 13.5. The Hall–Kier alpha value is -1.24. The average Bonchev–Trinajstić information content (AvgIpc) is 2.57. The fraction of sp³-hybridized carbons (Fsp3) is 0. The monoisotopic (exact) mass is 528 g/mol. The quantitative estimate of drug-likeness (QED) is 0.141. The minimum atomic E-state index is -11.2. The summed E-state index contributed by atoms with van der Waals surface area (Å²) in [5, 5.41) is 0. The van der Waals surface area contributed by atoms with Gasteiger partial charge in [0.15, 0.2) is 14.7 Å². The van der Waals surface area contributed by atoms with E-state index in [0.717, 1.165) is 0 Å². The molecule has 144 valence electrons. The van der Waals surface area contributed by atoms with Crippen molar-refractivity contribution in [3.63, 3.8) is 0 Å². The molecular weight excluding hydrogens is 516 g/mol. The second kappa shape index (κ2) is 6.67. The number of hydrogen-bond acceptors (Lipinski definition) is 1. The van der Waals surface area contributed by atoms with Crippen LogP contribution in [0.3, 0.4) is 0 Å². The van der Waals surface area contributed by atoms with E-state index in [1.807, 2.05) is 11.8 Å². The van der Waals surface area contributed by atoms with Crippen LogP contribution in [0.15, 0.2) is 103 Å². The van der Waals surface area contributed by atoms with Crippen LogP contribution in [0.4, 0.5) is 16.9 Å². The van der Waals surface area contributed by atoms with E-state index >= 15 is 0 Å². The summed E-state index contributed by atoms with van der Waals surface area (Å²) in [6.45, 7) is 0. The molecule has 0 nitrogen and oxygen atoms in total. The fourth-order valence-electron chi connectivity index (χ4n) is 2.45. The molecule has 0 saturated heterocycles. The normalized spacial score (nSPS) is 16.1. The van der Waals surface area contributed by atoms with E-state index in [1.165, 1.54) is 24.5 Å². The van der Waals surface area contributed by atoms with Crippen molar-refractivity contribution in [2.75, 3.05) is 0 Å². The summed E-state index contributed by atoms with van der Waals surface area (Å²) in [6, 6.07) is 28.4. The summed E-state index contributed by atoms with van der Waals surface area (Å²) in [5.74, 6) is 0. The Bertz CT molecular complexity index is 902. The molecule has 1 heterocycles. The Labute approximate surface area is 161 Å². The molecule has 0 amide bonds. The molecule has 9 heteroatoms. The maximum absolute atomic E-state index is 11.2. The zero-order chi connectivity index (χ0) is 19.8. The van der Waals surface area contributed by atoms with Gasteiger partial charge in [-0.15, -0.1) is 0 Å². The summed E-state index contributed by atoms with van der Waals surface area (Å²) in [6.07, 6.45) is 0. The Morgan fingerprint density at radius 1 is 0.556 bits per heavy atom. The van der Waals surface area contributed by atoms with Gasteiger partial charge in [0.05, 0.1) is 9.79 Å². The summed E-state index contributed by atoms with van der Waals surface area (Å²) in [4.78, 5) is 7.06. The molecule has 0 aromatic heterocycles. The van der Waals surface area contributed by atoms with Crippen LogP contribution in [-0.2, 0) is 10.9 Å². The molecule has 3 aromatic carbocycles. The van der Waals surface area contributed by atoms with Gasteiger partial charge >= 0.3 is 36.4 Å². The van der Waals surface area contributed by atoms with Crippen LogP contribution < -0.4 is 0 Å². The van der Waals surface area contributed by atoms with Crippen molar-refractivity contribution in [2.24, 2.45) is 0 Å². The predicted molar refractivity (Wildman–Crippen MR) is 98.0 cm³/mol. The molecule has 27 heavy (non-hydrogen) atoms. The van der Waals surface area contributed by atoms with Crippen LogP contribution >= 0.6 is 11.8 Å². The van der Waals surface area contributed by atoms with Crippen LogP contribution in [0.25, 0.3) is 0 Å². The van der Waals surface area contributed by atoms with Crippen molar-refractivity contribution < 1.29 is 16.9 Å². The van der Waals surface area contributed by atoms with Gasteiger partial charge in [-0.3, -0.25) is 0 Å². The first-order chi connectivity index (χ1) is 12.4. The number of benzene rings is 3. The SMILES string of the molecule is [F][Sb-]([F])([F])([F])([F])[F].c1ccc([S+]2c3ccccc3Sc3ccccc32)cc1. The molecular formula is C18H13F6S2Sb. The predicted octanol–water partition coefficient (Wildman–Crippen LogP) is 7.39. The molecule has 1 aliphatic heterocycles. The topological polar surface area (TPSA) is 0 Å². The zero-order valence-corrected chi connectivity index (χ0v) is 17.7. The third kappa shape index (κ3) is 6.40. The van der Waals surface area contributed by atoms with Crippen molar-refractivity contribution in [3.05, 3.63) is 78.9 Å². The van der Waals surface area contributed by atoms with E-state index in [4.69, 9.17) is 0 Å². The van der Waals surface area contributed by atoms with Gasteiger partial charge in [-0.2, -0.15) is 0 Å². The smallest absolute Gasteiger partial charge is 0.0795 e. The van der Waals surface area contributed by atoms with Crippen LogP contribution in [0.5, 0.6) is 0 Å². The molecule has 0 N–H and O–H groups in total. The Kier molecular flexibility index (Phi) is 5.07. The Morgan fingerprint density at radius 3 is 1.37 bits per heavy atom. The molecule has 3 aromatic rings. The Morgan fingerprint density at radius 2 is 0.926 bits per heavy atom. The molecule has 0 radical (unpaired) electrons. The molecule has 0 fully saturated rings. The summed E-state index contributed by atoms with van der Waals surface area (Å²) >= 11 is -9.36. The average molecular weight is 529 g/mol. The molecule has 0 unspecified atom stereocenters.